The minimum absolute atomic E-state index is 0.645. The first kappa shape index (κ1) is 11.1. The van der Waals surface area contributed by atoms with Crippen LogP contribution in [0.4, 0.5) is 5.69 Å². The summed E-state index contributed by atoms with van der Waals surface area (Å²) < 4.78 is 0. The van der Waals surface area contributed by atoms with Gasteiger partial charge in [-0.1, -0.05) is 35.9 Å². The van der Waals surface area contributed by atoms with E-state index in [1.54, 1.807) is 6.20 Å². The Labute approximate surface area is 110 Å². The summed E-state index contributed by atoms with van der Waals surface area (Å²) in [6, 6.07) is 16.6. The van der Waals surface area contributed by atoms with Gasteiger partial charge in [0.1, 0.15) is 0 Å². The second kappa shape index (κ2) is 4.31. The monoisotopic (exact) mass is 253 g/mol. The van der Waals surface area contributed by atoms with E-state index in [-0.39, 0.29) is 0 Å². The maximum Gasteiger partial charge on any atom is 0.0894 e. The van der Waals surface area contributed by atoms with Crippen LogP contribution < -0.4 is 5.73 Å². The number of hydrogen-bond donors (Lipinski definition) is 1. The van der Waals surface area contributed by atoms with Crippen LogP contribution in [0.5, 0.6) is 0 Å². The molecule has 0 spiro atoms. The third-order valence-corrected chi connectivity index (χ3v) is 3.14. The van der Waals surface area contributed by atoms with E-state index in [9.17, 15) is 0 Å². The number of hydrogen-bond acceptors (Lipinski definition) is 2. The molecule has 2 aromatic carbocycles. The molecular weight excluding hydrogens is 244 g/mol. The van der Waals surface area contributed by atoms with E-state index in [4.69, 9.17) is 17.3 Å². The van der Waals surface area contributed by atoms with Crippen LogP contribution >= 0.6 is 11.6 Å². The largest absolute Gasteiger partial charge is 0.399 e. The summed E-state index contributed by atoms with van der Waals surface area (Å²) in [5.41, 5.74) is 9.32. The highest BCUT2D eigenvalue weighted by molar-refractivity contribution is 6.35. The summed E-state index contributed by atoms with van der Waals surface area (Å²) in [7, 11) is 0. The van der Waals surface area contributed by atoms with Crippen molar-refractivity contribution in [3.8, 4) is 11.1 Å². The molecule has 2 N–H and O–H groups in total. The van der Waals surface area contributed by atoms with E-state index in [0.29, 0.717) is 5.02 Å². The first-order valence-electron chi connectivity index (χ1n) is 5.56. The number of anilines is 1. The minimum atomic E-state index is 0.645. The fourth-order valence-electron chi connectivity index (χ4n) is 2.02. The molecule has 0 saturated carbocycles. The first-order chi connectivity index (χ1) is 8.75. The molecule has 1 heterocycles. The number of benzene rings is 2. The van der Waals surface area contributed by atoms with E-state index in [2.05, 4.69) is 11.1 Å². The zero-order chi connectivity index (χ0) is 12.5. The van der Waals surface area contributed by atoms with Crippen LogP contribution in [0, 0.1) is 6.07 Å². The van der Waals surface area contributed by atoms with E-state index < -0.39 is 0 Å². The third-order valence-electron chi connectivity index (χ3n) is 2.83. The van der Waals surface area contributed by atoms with Gasteiger partial charge < -0.3 is 5.73 Å². The van der Waals surface area contributed by atoms with Crippen molar-refractivity contribution in [3.63, 3.8) is 0 Å². The molecule has 1 aromatic heterocycles. The quantitative estimate of drug-likeness (QED) is 0.667. The van der Waals surface area contributed by atoms with Crippen LogP contribution in [0.3, 0.4) is 0 Å². The third kappa shape index (κ3) is 1.81. The van der Waals surface area contributed by atoms with E-state index >= 15 is 0 Å². The molecular formula is C15H10ClN2. The van der Waals surface area contributed by atoms with Gasteiger partial charge >= 0.3 is 0 Å². The molecule has 3 heteroatoms. The molecule has 0 aliphatic carbocycles. The van der Waals surface area contributed by atoms with E-state index in [1.165, 1.54) is 0 Å². The maximum absolute atomic E-state index is 6.15. The van der Waals surface area contributed by atoms with Gasteiger partial charge in [0.25, 0.3) is 0 Å². The SMILES string of the molecule is Nc1cccc(-c2[c]cnc3c(Cl)cccc23)c1. The Morgan fingerprint density at radius 1 is 1.11 bits per heavy atom. The zero-order valence-corrected chi connectivity index (χ0v) is 10.3. The van der Waals surface area contributed by atoms with Gasteiger partial charge in [-0.3, -0.25) is 4.98 Å². The molecule has 2 nitrogen and oxygen atoms in total. The number of nitrogens with zero attached hydrogens (tertiary/aromatic N) is 1. The smallest absolute Gasteiger partial charge is 0.0894 e. The highest BCUT2D eigenvalue weighted by Gasteiger charge is 2.07. The Balaban J connectivity index is 2.33. The van der Waals surface area contributed by atoms with Crippen LogP contribution in [0.25, 0.3) is 22.0 Å². The molecule has 0 unspecified atom stereocenters. The molecule has 0 saturated heterocycles. The molecule has 0 fully saturated rings. The highest BCUT2D eigenvalue weighted by Crippen LogP contribution is 2.30. The summed E-state index contributed by atoms with van der Waals surface area (Å²) in [5.74, 6) is 0. The summed E-state index contributed by atoms with van der Waals surface area (Å²) in [5, 5.41) is 1.63. The van der Waals surface area contributed by atoms with E-state index in [1.807, 2.05) is 42.5 Å². The first-order valence-corrected chi connectivity index (χ1v) is 5.94. The Hall–Kier alpha value is -2.06. The van der Waals surface area contributed by atoms with Gasteiger partial charge in [0, 0.05) is 28.9 Å². The van der Waals surface area contributed by atoms with Gasteiger partial charge in [-0.2, -0.15) is 0 Å². The van der Waals surface area contributed by atoms with E-state index in [0.717, 1.165) is 27.7 Å². The standard InChI is InChI=1S/C15H10ClN2/c16-14-6-2-5-13-12(7-8-18-15(13)14)10-3-1-4-11(17)9-10/h1-6,8-9H,17H2. The fourth-order valence-corrected chi connectivity index (χ4v) is 2.24. The normalized spacial score (nSPS) is 10.7. The molecule has 1 radical (unpaired) electrons. The molecule has 87 valence electrons. The molecule has 3 aromatic rings. The molecule has 18 heavy (non-hydrogen) atoms. The number of pyridine rings is 1. The zero-order valence-electron chi connectivity index (χ0n) is 9.52. The summed E-state index contributed by atoms with van der Waals surface area (Å²) in [6.45, 7) is 0. The van der Waals surface area contributed by atoms with Gasteiger partial charge in [0.05, 0.1) is 10.5 Å². The lowest BCUT2D eigenvalue weighted by molar-refractivity contribution is 1.40. The Kier molecular flexibility index (Phi) is 2.65. The van der Waals surface area contributed by atoms with Crippen molar-refractivity contribution in [2.45, 2.75) is 0 Å². The molecule has 0 atom stereocenters. The maximum atomic E-state index is 6.15. The number of aromatic nitrogens is 1. The van der Waals surface area contributed by atoms with Gasteiger partial charge in [-0.25, -0.2) is 0 Å². The van der Waals surface area contributed by atoms with Crippen LogP contribution in [-0.4, -0.2) is 4.98 Å². The van der Waals surface area contributed by atoms with Crippen LogP contribution in [0.15, 0.2) is 48.7 Å². The predicted molar refractivity (Wildman–Crippen MR) is 75.4 cm³/mol. The Morgan fingerprint density at radius 3 is 2.78 bits per heavy atom. The van der Waals surface area contributed by atoms with Gasteiger partial charge in [0.15, 0.2) is 0 Å². The van der Waals surface area contributed by atoms with Crippen LogP contribution in [0.2, 0.25) is 5.02 Å². The minimum Gasteiger partial charge on any atom is -0.399 e. The molecule has 0 amide bonds. The molecule has 3 rings (SSSR count). The van der Waals surface area contributed by atoms with Gasteiger partial charge in [-0.15, -0.1) is 0 Å². The fraction of sp³-hybridized carbons (Fsp3) is 0. The average Bonchev–Trinajstić information content (AvgIpc) is 2.39. The van der Waals surface area contributed by atoms with Crippen LogP contribution in [0.1, 0.15) is 0 Å². The lowest BCUT2D eigenvalue weighted by atomic mass is 10.0. The Morgan fingerprint density at radius 2 is 1.94 bits per heavy atom. The number of nitrogen functional groups attached to an aromatic ring is 1. The highest BCUT2D eigenvalue weighted by atomic mass is 35.5. The molecule has 0 aliphatic rings. The molecule has 0 aliphatic heterocycles. The number of halogens is 1. The number of nitrogens with two attached hydrogens (primary N) is 1. The van der Waals surface area contributed by atoms with Crippen molar-refractivity contribution in [2.24, 2.45) is 0 Å². The predicted octanol–water partition coefficient (Wildman–Crippen LogP) is 3.94. The summed E-state index contributed by atoms with van der Waals surface area (Å²) >= 11 is 6.15. The van der Waals surface area contributed by atoms with Crippen LogP contribution in [-0.2, 0) is 0 Å². The van der Waals surface area contributed by atoms with Crippen molar-refractivity contribution in [3.05, 3.63) is 59.8 Å². The molecule has 0 bridgehead atoms. The second-order valence-corrected chi connectivity index (χ2v) is 4.45. The second-order valence-electron chi connectivity index (χ2n) is 4.04. The van der Waals surface area contributed by atoms with Crippen molar-refractivity contribution in [1.82, 2.24) is 4.98 Å². The van der Waals surface area contributed by atoms with Crippen molar-refractivity contribution >= 4 is 28.2 Å². The topological polar surface area (TPSA) is 38.9 Å². The van der Waals surface area contributed by atoms with Crippen molar-refractivity contribution < 1.29 is 0 Å². The lowest BCUT2D eigenvalue weighted by Crippen LogP contribution is -1.88. The average molecular weight is 254 g/mol. The van der Waals surface area contributed by atoms with Gasteiger partial charge in [0.2, 0.25) is 0 Å². The van der Waals surface area contributed by atoms with Gasteiger partial charge in [-0.05, 0) is 23.8 Å². The summed E-state index contributed by atoms with van der Waals surface area (Å²) in [4.78, 5) is 4.27. The van der Waals surface area contributed by atoms with Crippen molar-refractivity contribution in [2.75, 3.05) is 5.73 Å². The number of para-hydroxylation sites is 1. The lowest BCUT2D eigenvalue weighted by Gasteiger charge is -2.07. The van der Waals surface area contributed by atoms with Crippen molar-refractivity contribution in [1.29, 1.82) is 0 Å². The number of rotatable bonds is 1. The Bertz CT molecular complexity index is 723. The summed E-state index contributed by atoms with van der Waals surface area (Å²) in [6.07, 6.45) is 1.65. The number of fused-ring (bicyclic) bond motifs is 1.